The van der Waals surface area contributed by atoms with Crippen LogP contribution < -0.4 is 5.32 Å². The molecule has 0 amide bonds. The number of rotatable bonds is 4. The number of thiazole rings is 1. The Morgan fingerprint density at radius 2 is 2.33 bits per heavy atom. The lowest BCUT2D eigenvalue weighted by Crippen LogP contribution is -2.18. The Morgan fingerprint density at radius 1 is 1.50 bits per heavy atom. The van der Waals surface area contributed by atoms with E-state index in [0.29, 0.717) is 5.56 Å². The summed E-state index contributed by atoms with van der Waals surface area (Å²) >= 11 is 1.67. The van der Waals surface area contributed by atoms with E-state index in [9.17, 15) is 0 Å². The van der Waals surface area contributed by atoms with Gasteiger partial charge in [0, 0.05) is 17.6 Å². The third-order valence-electron chi connectivity index (χ3n) is 2.68. The SMILES string of the molecule is Cc1csc(C(C)NCc2cccc(C#N)c2)n1. The number of nitrogens with one attached hydrogen (secondary N) is 1. The minimum absolute atomic E-state index is 0.231. The van der Waals surface area contributed by atoms with Crippen molar-refractivity contribution >= 4 is 11.3 Å². The van der Waals surface area contributed by atoms with E-state index in [1.807, 2.05) is 31.2 Å². The van der Waals surface area contributed by atoms with Crippen LogP contribution in [0.1, 0.15) is 34.8 Å². The topological polar surface area (TPSA) is 48.7 Å². The Morgan fingerprint density at radius 3 is 3.00 bits per heavy atom. The summed E-state index contributed by atoms with van der Waals surface area (Å²) in [5.74, 6) is 0. The molecule has 1 aromatic heterocycles. The Kier molecular flexibility index (Phi) is 4.08. The molecule has 1 N–H and O–H groups in total. The van der Waals surface area contributed by atoms with Crippen LogP contribution in [0.5, 0.6) is 0 Å². The maximum atomic E-state index is 8.84. The molecule has 0 radical (unpaired) electrons. The molecule has 0 aliphatic rings. The molecule has 92 valence electrons. The summed E-state index contributed by atoms with van der Waals surface area (Å²) in [6.45, 7) is 4.85. The second kappa shape index (κ2) is 5.76. The molecule has 18 heavy (non-hydrogen) atoms. The molecule has 4 heteroatoms. The highest BCUT2D eigenvalue weighted by Crippen LogP contribution is 2.18. The summed E-state index contributed by atoms with van der Waals surface area (Å²) in [5.41, 5.74) is 2.89. The molecule has 2 aromatic rings. The molecular weight excluding hydrogens is 242 g/mol. The van der Waals surface area contributed by atoms with E-state index in [0.717, 1.165) is 22.8 Å². The lowest BCUT2D eigenvalue weighted by Gasteiger charge is -2.11. The number of aryl methyl sites for hydroxylation is 1. The average Bonchev–Trinajstić information content (AvgIpc) is 2.83. The van der Waals surface area contributed by atoms with Crippen LogP contribution in [0.2, 0.25) is 0 Å². The van der Waals surface area contributed by atoms with Crippen molar-refractivity contribution < 1.29 is 0 Å². The highest BCUT2D eigenvalue weighted by atomic mass is 32.1. The van der Waals surface area contributed by atoms with Gasteiger partial charge < -0.3 is 5.32 Å². The van der Waals surface area contributed by atoms with Crippen molar-refractivity contribution in [1.29, 1.82) is 5.26 Å². The van der Waals surface area contributed by atoms with Gasteiger partial charge in [0.25, 0.3) is 0 Å². The van der Waals surface area contributed by atoms with Crippen molar-refractivity contribution in [1.82, 2.24) is 10.3 Å². The fraction of sp³-hybridized carbons (Fsp3) is 0.286. The van der Waals surface area contributed by atoms with Crippen LogP contribution in [0.4, 0.5) is 0 Å². The zero-order chi connectivity index (χ0) is 13.0. The largest absolute Gasteiger partial charge is 0.304 e. The van der Waals surface area contributed by atoms with Crippen molar-refractivity contribution in [3.05, 3.63) is 51.5 Å². The molecule has 0 aliphatic carbocycles. The smallest absolute Gasteiger partial charge is 0.110 e. The first-order chi connectivity index (χ1) is 8.69. The first-order valence-corrected chi connectivity index (χ1v) is 6.71. The quantitative estimate of drug-likeness (QED) is 0.915. The monoisotopic (exact) mass is 257 g/mol. The minimum Gasteiger partial charge on any atom is -0.304 e. The number of hydrogen-bond acceptors (Lipinski definition) is 4. The fourth-order valence-electron chi connectivity index (χ4n) is 1.68. The van der Waals surface area contributed by atoms with Crippen LogP contribution in [0.15, 0.2) is 29.6 Å². The predicted molar refractivity (Wildman–Crippen MR) is 73.3 cm³/mol. The summed E-state index contributed by atoms with van der Waals surface area (Å²) in [6.07, 6.45) is 0. The van der Waals surface area contributed by atoms with Crippen molar-refractivity contribution in [2.24, 2.45) is 0 Å². The molecule has 1 heterocycles. The molecule has 0 aliphatic heterocycles. The molecule has 0 saturated carbocycles. The number of benzene rings is 1. The van der Waals surface area contributed by atoms with Crippen LogP contribution in [0.25, 0.3) is 0 Å². The standard InChI is InChI=1S/C14H15N3S/c1-10-9-18-14(17-10)11(2)16-8-13-5-3-4-12(6-13)7-15/h3-6,9,11,16H,8H2,1-2H3. The highest BCUT2D eigenvalue weighted by Gasteiger charge is 2.08. The third kappa shape index (κ3) is 3.16. The number of nitriles is 1. The molecule has 0 fully saturated rings. The Balaban J connectivity index is 1.97. The van der Waals surface area contributed by atoms with Crippen LogP contribution >= 0.6 is 11.3 Å². The number of hydrogen-bond donors (Lipinski definition) is 1. The summed E-state index contributed by atoms with van der Waals surface area (Å²) in [6, 6.07) is 10.0. The minimum atomic E-state index is 0.231. The molecule has 1 atom stereocenters. The van der Waals surface area contributed by atoms with E-state index in [1.165, 1.54) is 0 Å². The highest BCUT2D eigenvalue weighted by molar-refractivity contribution is 7.09. The summed E-state index contributed by atoms with van der Waals surface area (Å²) in [7, 11) is 0. The molecule has 0 saturated heterocycles. The predicted octanol–water partition coefficient (Wildman–Crippen LogP) is 3.17. The molecular formula is C14H15N3S. The maximum absolute atomic E-state index is 8.84. The van der Waals surface area contributed by atoms with Crippen molar-refractivity contribution in [3.8, 4) is 6.07 Å². The van der Waals surface area contributed by atoms with Gasteiger partial charge in [0.1, 0.15) is 5.01 Å². The first kappa shape index (κ1) is 12.7. The van der Waals surface area contributed by atoms with Gasteiger partial charge in [0.2, 0.25) is 0 Å². The lowest BCUT2D eigenvalue weighted by molar-refractivity contribution is 0.571. The Hall–Kier alpha value is -1.70. The van der Waals surface area contributed by atoms with Gasteiger partial charge in [0.15, 0.2) is 0 Å². The summed E-state index contributed by atoms with van der Waals surface area (Å²) in [4.78, 5) is 4.46. The van der Waals surface area contributed by atoms with Crippen LogP contribution in [0, 0.1) is 18.3 Å². The van der Waals surface area contributed by atoms with E-state index >= 15 is 0 Å². The second-order valence-corrected chi connectivity index (χ2v) is 5.13. The van der Waals surface area contributed by atoms with Crippen molar-refractivity contribution in [2.75, 3.05) is 0 Å². The molecule has 3 nitrogen and oxygen atoms in total. The van der Waals surface area contributed by atoms with Gasteiger partial charge in [-0.25, -0.2) is 4.98 Å². The van der Waals surface area contributed by atoms with E-state index in [2.05, 4.69) is 28.7 Å². The zero-order valence-corrected chi connectivity index (χ0v) is 11.3. The van der Waals surface area contributed by atoms with E-state index < -0.39 is 0 Å². The third-order valence-corrected chi connectivity index (χ3v) is 3.82. The number of nitrogens with zero attached hydrogens (tertiary/aromatic N) is 2. The van der Waals surface area contributed by atoms with Gasteiger partial charge in [-0.05, 0) is 31.5 Å². The first-order valence-electron chi connectivity index (χ1n) is 5.83. The van der Waals surface area contributed by atoms with E-state index in [4.69, 9.17) is 5.26 Å². The molecule has 0 bridgehead atoms. The van der Waals surface area contributed by atoms with Crippen LogP contribution in [-0.4, -0.2) is 4.98 Å². The number of aromatic nitrogens is 1. The molecule has 0 spiro atoms. The summed E-state index contributed by atoms with van der Waals surface area (Å²) in [5, 5.41) is 15.4. The molecule has 1 aromatic carbocycles. The van der Waals surface area contributed by atoms with Gasteiger partial charge in [0.05, 0.1) is 17.7 Å². The van der Waals surface area contributed by atoms with Gasteiger partial charge in [-0.1, -0.05) is 12.1 Å². The Labute approximate surface area is 111 Å². The van der Waals surface area contributed by atoms with E-state index in [1.54, 1.807) is 11.3 Å². The van der Waals surface area contributed by atoms with Gasteiger partial charge in [-0.3, -0.25) is 0 Å². The lowest BCUT2D eigenvalue weighted by atomic mass is 10.1. The van der Waals surface area contributed by atoms with Gasteiger partial charge in [-0.15, -0.1) is 11.3 Å². The van der Waals surface area contributed by atoms with Crippen LogP contribution in [-0.2, 0) is 6.54 Å². The van der Waals surface area contributed by atoms with Crippen molar-refractivity contribution in [2.45, 2.75) is 26.4 Å². The van der Waals surface area contributed by atoms with Crippen LogP contribution in [0.3, 0.4) is 0 Å². The van der Waals surface area contributed by atoms with Crippen molar-refractivity contribution in [3.63, 3.8) is 0 Å². The average molecular weight is 257 g/mol. The molecule has 1 unspecified atom stereocenters. The Bertz CT molecular complexity index is 568. The second-order valence-electron chi connectivity index (χ2n) is 4.24. The van der Waals surface area contributed by atoms with E-state index in [-0.39, 0.29) is 6.04 Å². The zero-order valence-electron chi connectivity index (χ0n) is 10.5. The van der Waals surface area contributed by atoms with Gasteiger partial charge in [-0.2, -0.15) is 5.26 Å². The van der Waals surface area contributed by atoms with Gasteiger partial charge >= 0.3 is 0 Å². The summed E-state index contributed by atoms with van der Waals surface area (Å²) < 4.78 is 0. The molecule has 2 rings (SSSR count). The normalized spacial score (nSPS) is 12.1. The maximum Gasteiger partial charge on any atom is 0.110 e. The fourth-order valence-corrected chi connectivity index (χ4v) is 2.51.